The lowest BCUT2D eigenvalue weighted by molar-refractivity contribution is -0.142. The number of carboxylic acid groups (broad SMARTS) is 1. The first-order valence-electron chi connectivity index (χ1n) is 8.09. The van der Waals surface area contributed by atoms with E-state index in [1.54, 1.807) is 7.11 Å². The van der Waals surface area contributed by atoms with E-state index >= 15 is 0 Å². The smallest absolute Gasteiger partial charge is 0.326 e. The molecule has 3 atom stereocenters. The fourth-order valence-corrected chi connectivity index (χ4v) is 2.75. The summed E-state index contributed by atoms with van der Waals surface area (Å²) in [6.07, 6.45) is 0.954. The lowest BCUT2D eigenvalue weighted by atomic mass is 10.0. The highest BCUT2D eigenvalue weighted by Crippen LogP contribution is 2.24. The molecule has 1 fully saturated rings. The van der Waals surface area contributed by atoms with E-state index in [0.29, 0.717) is 12.8 Å². The molecule has 0 saturated carbocycles. The van der Waals surface area contributed by atoms with Crippen LogP contribution >= 0.6 is 0 Å². The van der Waals surface area contributed by atoms with Crippen LogP contribution in [0.4, 0.5) is 0 Å². The van der Waals surface area contributed by atoms with E-state index in [2.05, 4.69) is 16.2 Å². The number of hydrogen-bond donors (Lipinski definition) is 4. The Balaban J connectivity index is 1.93. The number of nitrogens with one attached hydrogen (secondary N) is 3. The lowest BCUT2D eigenvalue weighted by Gasteiger charge is -2.18. The normalized spacial score (nSPS) is 21.5. The Kier molecular flexibility index (Phi) is 6.16. The number of carbonyl (C=O) groups excluding carboxylic acids is 1. The molecule has 7 nitrogen and oxygen atoms in total. The van der Waals surface area contributed by atoms with Gasteiger partial charge in [-0.1, -0.05) is 26.0 Å². The third kappa shape index (κ3) is 4.69. The highest BCUT2D eigenvalue weighted by atomic mass is 16.5. The number of ether oxygens (including phenoxy) is 1. The number of benzene rings is 1. The molecule has 7 heteroatoms. The number of hydrazine groups is 1. The summed E-state index contributed by atoms with van der Waals surface area (Å²) in [6.45, 7) is 3.86. The summed E-state index contributed by atoms with van der Waals surface area (Å²) in [5.41, 5.74) is 7.07. The van der Waals surface area contributed by atoms with Gasteiger partial charge in [0.2, 0.25) is 5.91 Å². The minimum atomic E-state index is -1.00. The second-order valence-corrected chi connectivity index (χ2v) is 6.43. The van der Waals surface area contributed by atoms with Gasteiger partial charge in [0, 0.05) is 6.04 Å². The first-order chi connectivity index (χ1) is 11.4. The molecule has 1 saturated heterocycles. The van der Waals surface area contributed by atoms with Crippen LogP contribution in [0.3, 0.4) is 0 Å². The third-order valence-electron chi connectivity index (χ3n) is 4.06. The summed E-state index contributed by atoms with van der Waals surface area (Å²) in [5.74, 6) is -0.341. The van der Waals surface area contributed by atoms with Gasteiger partial charge in [0.15, 0.2) is 0 Å². The lowest BCUT2D eigenvalue weighted by Crippen LogP contribution is -2.49. The van der Waals surface area contributed by atoms with E-state index in [0.717, 1.165) is 11.3 Å². The maximum atomic E-state index is 12.3. The maximum Gasteiger partial charge on any atom is 0.326 e. The molecule has 2 unspecified atom stereocenters. The van der Waals surface area contributed by atoms with Gasteiger partial charge in [-0.25, -0.2) is 15.6 Å². The molecule has 4 N–H and O–H groups in total. The van der Waals surface area contributed by atoms with Gasteiger partial charge >= 0.3 is 5.97 Å². The molecule has 0 spiro atoms. The summed E-state index contributed by atoms with van der Waals surface area (Å²) in [6, 6.07) is 6.28. The van der Waals surface area contributed by atoms with E-state index in [4.69, 9.17) is 4.74 Å². The van der Waals surface area contributed by atoms with Gasteiger partial charge in [0.05, 0.1) is 7.11 Å². The quantitative estimate of drug-likeness (QED) is 0.598. The standard InChI is InChI=1S/C17H25N3O4/c1-10(2)8-15(17(22)23)18-16(21)14-9-13(19-20-14)11-4-6-12(24-3)7-5-11/h4-7,10,13-15,19-20H,8-9H2,1-3H3,(H,18,21)(H,22,23)/t13?,14?,15-/m1/s1. The zero-order valence-electron chi connectivity index (χ0n) is 14.2. The van der Waals surface area contributed by atoms with Crippen LogP contribution in [0.1, 0.15) is 38.3 Å². The zero-order chi connectivity index (χ0) is 17.7. The molecule has 2 rings (SSSR count). The van der Waals surface area contributed by atoms with E-state index in [1.807, 2.05) is 38.1 Å². The minimum Gasteiger partial charge on any atom is -0.497 e. The van der Waals surface area contributed by atoms with Crippen molar-refractivity contribution in [3.05, 3.63) is 29.8 Å². The molecule has 0 radical (unpaired) electrons. The van der Waals surface area contributed by atoms with Crippen molar-refractivity contribution in [3.8, 4) is 5.75 Å². The fraction of sp³-hybridized carbons (Fsp3) is 0.529. The van der Waals surface area contributed by atoms with Crippen LogP contribution in [0, 0.1) is 5.92 Å². The predicted molar refractivity (Wildman–Crippen MR) is 89.4 cm³/mol. The Labute approximate surface area is 141 Å². The van der Waals surface area contributed by atoms with Crippen LogP contribution in [0.25, 0.3) is 0 Å². The summed E-state index contributed by atoms with van der Waals surface area (Å²) in [7, 11) is 1.61. The molecule has 1 aliphatic heterocycles. The average Bonchev–Trinajstić information content (AvgIpc) is 3.04. The zero-order valence-corrected chi connectivity index (χ0v) is 14.2. The molecule has 1 amide bonds. The number of methoxy groups -OCH3 is 1. The van der Waals surface area contributed by atoms with E-state index in [-0.39, 0.29) is 17.9 Å². The van der Waals surface area contributed by atoms with Crippen molar-refractivity contribution in [2.24, 2.45) is 5.92 Å². The first-order valence-corrected chi connectivity index (χ1v) is 8.09. The van der Waals surface area contributed by atoms with Gasteiger partial charge in [-0.05, 0) is 36.5 Å². The molecule has 132 valence electrons. The monoisotopic (exact) mass is 335 g/mol. The molecule has 24 heavy (non-hydrogen) atoms. The molecule has 1 heterocycles. The van der Waals surface area contributed by atoms with Gasteiger partial charge in [-0.2, -0.15) is 0 Å². The van der Waals surface area contributed by atoms with Gasteiger partial charge in [-0.3, -0.25) is 4.79 Å². The van der Waals surface area contributed by atoms with Crippen LogP contribution in [0.5, 0.6) is 5.75 Å². The van der Waals surface area contributed by atoms with E-state index in [9.17, 15) is 14.7 Å². The van der Waals surface area contributed by atoms with Gasteiger partial charge in [0.1, 0.15) is 17.8 Å². The van der Waals surface area contributed by atoms with Crippen LogP contribution in [0.2, 0.25) is 0 Å². The van der Waals surface area contributed by atoms with Crippen molar-refractivity contribution in [2.45, 2.75) is 44.8 Å². The average molecular weight is 335 g/mol. The molecule has 0 aliphatic carbocycles. The van der Waals surface area contributed by atoms with Gasteiger partial charge in [0.25, 0.3) is 0 Å². The molecule has 1 aliphatic rings. The van der Waals surface area contributed by atoms with Crippen molar-refractivity contribution in [1.29, 1.82) is 0 Å². The van der Waals surface area contributed by atoms with Crippen LogP contribution in [-0.4, -0.2) is 36.2 Å². The number of hydrogen-bond acceptors (Lipinski definition) is 5. The number of carboxylic acids is 1. The molecule has 0 aromatic heterocycles. The highest BCUT2D eigenvalue weighted by molar-refractivity contribution is 5.87. The predicted octanol–water partition coefficient (Wildman–Crippen LogP) is 1.22. The van der Waals surface area contributed by atoms with Gasteiger partial charge < -0.3 is 15.2 Å². The Morgan fingerprint density at radius 2 is 1.96 bits per heavy atom. The Bertz CT molecular complexity index is 574. The second kappa shape index (κ2) is 8.12. The largest absolute Gasteiger partial charge is 0.497 e. The minimum absolute atomic E-state index is 0.0139. The Morgan fingerprint density at radius 1 is 1.29 bits per heavy atom. The van der Waals surface area contributed by atoms with Crippen molar-refractivity contribution in [2.75, 3.05) is 7.11 Å². The highest BCUT2D eigenvalue weighted by Gasteiger charge is 2.32. The summed E-state index contributed by atoms with van der Waals surface area (Å²) in [4.78, 5) is 23.6. The molecule has 1 aromatic rings. The van der Waals surface area contributed by atoms with Crippen LogP contribution in [0.15, 0.2) is 24.3 Å². The molecular weight excluding hydrogens is 310 g/mol. The number of rotatable bonds is 7. The molecule has 0 bridgehead atoms. The maximum absolute atomic E-state index is 12.3. The molecular formula is C17H25N3O4. The van der Waals surface area contributed by atoms with Crippen molar-refractivity contribution >= 4 is 11.9 Å². The van der Waals surface area contributed by atoms with Crippen molar-refractivity contribution < 1.29 is 19.4 Å². The van der Waals surface area contributed by atoms with E-state index < -0.39 is 18.1 Å². The van der Waals surface area contributed by atoms with Gasteiger partial charge in [-0.15, -0.1) is 0 Å². The summed E-state index contributed by atoms with van der Waals surface area (Å²) < 4.78 is 5.13. The van der Waals surface area contributed by atoms with E-state index in [1.165, 1.54) is 0 Å². The second-order valence-electron chi connectivity index (χ2n) is 6.43. The third-order valence-corrected chi connectivity index (χ3v) is 4.06. The van der Waals surface area contributed by atoms with Crippen molar-refractivity contribution in [3.63, 3.8) is 0 Å². The Hall–Kier alpha value is -2.12. The number of amides is 1. The Morgan fingerprint density at radius 3 is 2.50 bits per heavy atom. The summed E-state index contributed by atoms with van der Waals surface area (Å²) in [5, 5.41) is 11.8. The topological polar surface area (TPSA) is 99.7 Å². The fourth-order valence-electron chi connectivity index (χ4n) is 2.75. The molecule has 1 aromatic carbocycles. The SMILES string of the molecule is COc1ccc(C2CC(C(=O)N[C@H](CC(C)C)C(=O)O)NN2)cc1. The summed E-state index contributed by atoms with van der Waals surface area (Å²) >= 11 is 0. The number of aliphatic carboxylic acids is 1. The van der Waals surface area contributed by atoms with Crippen LogP contribution < -0.4 is 20.9 Å². The van der Waals surface area contributed by atoms with Crippen molar-refractivity contribution in [1.82, 2.24) is 16.2 Å². The first kappa shape index (κ1) is 18.2. The van der Waals surface area contributed by atoms with Crippen LogP contribution in [-0.2, 0) is 9.59 Å². The number of carbonyl (C=O) groups is 2.